The van der Waals surface area contributed by atoms with E-state index in [1.54, 1.807) is 0 Å². The molecule has 0 aliphatic heterocycles. The molecule has 2 rings (SSSR count). The van der Waals surface area contributed by atoms with Crippen molar-refractivity contribution < 1.29 is 14.8 Å². The number of amides is 1. The molecule has 0 aliphatic carbocycles. The molecule has 102 valence electrons. The highest BCUT2D eigenvalue weighted by molar-refractivity contribution is 6.03. The number of aromatic nitrogens is 1. The van der Waals surface area contributed by atoms with E-state index in [1.807, 2.05) is 0 Å². The molecule has 8 heteroatoms. The third kappa shape index (κ3) is 2.80. The number of carbonyl (C=O) groups is 1. The van der Waals surface area contributed by atoms with Crippen LogP contribution in [0.1, 0.15) is 10.5 Å². The summed E-state index contributed by atoms with van der Waals surface area (Å²) in [5.41, 5.74) is -0.877. The fraction of sp³-hybridized carbons (Fsp3) is 0. The Bertz CT molecular complexity index is 738. The molecular formula is C12H9N3O5. The molecule has 0 atom stereocenters. The summed E-state index contributed by atoms with van der Waals surface area (Å²) in [6.45, 7) is 0. The number of nitro groups is 1. The minimum Gasteiger partial charge on any atom is -0.506 e. The topological polar surface area (TPSA) is 125 Å². The lowest BCUT2D eigenvalue weighted by atomic mass is 10.2. The number of hydrogen-bond acceptors (Lipinski definition) is 5. The van der Waals surface area contributed by atoms with Gasteiger partial charge in [0.25, 0.3) is 11.6 Å². The summed E-state index contributed by atoms with van der Waals surface area (Å²) in [5.74, 6) is -1.01. The molecule has 0 aliphatic rings. The van der Waals surface area contributed by atoms with E-state index in [4.69, 9.17) is 0 Å². The van der Waals surface area contributed by atoms with Crippen molar-refractivity contribution in [3.05, 3.63) is 62.6 Å². The zero-order valence-electron chi connectivity index (χ0n) is 9.99. The average molecular weight is 275 g/mol. The Hall–Kier alpha value is -3.16. The van der Waals surface area contributed by atoms with E-state index in [0.29, 0.717) is 0 Å². The zero-order valence-corrected chi connectivity index (χ0v) is 9.99. The van der Waals surface area contributed by atoms with E-state index < -0.39 is 16.4 Å². The molecule has 0 saturated carbocycles. The quantitative estimate of drug-likeness (QED) is 0.441. The van der Waals surface area contributed by atoms with Crippen LogP contribution in [0.2, 0.25) is 0 Å². The molecule has 0 bridgehead atoms. The van der Waals surface area contributed by atoms with Crippen molar-refractivity contribution >= 4 is 17.3 Å². The summed E-state index contributed by atoms with van der Waals surface area (Å²) in [6, 6.07) is 7.22. The number of non-ortho nitro benzene ring substituents is 1. The number of nitrogens with zero attached hydrogens (tertiary/aromatic N) is 1. The predicted molar refractivity (Wildman–Crippen MR) is 69.8 cm³/mol. The number of nitrogens with one attached hydrogen (secondary N) is 2. The number of hydrogen-bond donors (Lipinski definition) is 3. The Morgan fingerprint density at radius 2 is 2.05 bits per heavy atom. The van der Waals surface area contributed by atoms with Crippen molar-refractivity contribution in [1.29, 1.82) is 0 Å². The van der Waals surface area contributed by atoms with Crippen LogP contribution in [0.25, 0.3) is 0 Å². The van der Waals surface area contributed by atoms with Crippen LogP contribution < -0.4 is 10.9 Å². The van der Waals surface area contributed by atoms with Gasteiger partial charge >= 0.3 is 0 Å². The van der Waals surface area contributed by atoms with E-state index in [-0.39, 0.29) is 22.8 Å². The molecule has 0 unspecified atom stereocenters. The lowest BCUT2D eigenvalue weighted by Crippen LogP contribution is -2.18. The number of H-pyrrole nitrogens is 1. The van der Waals surface area contributed by atoms with Gasteiger partial charge in [0.2, 0.25) is 5.56 Å². The average Bonchev–Trinajstić information content (AvgIpc) is 2.41. The van der Waals surface area contributed by atoms with Crippen LogP contribution in [-0.2, 0) is 0 Å². The molecule has 0 spiro atoms. The van der Waals surface area contributed by atoms with Crippen molar-refractivity contribution in [3.8, 4) is 5.75 Å². The van der Waals surface area contributed by atoms with Crippen molar-refractivity contribution in [1.82, 2.24) is 4.98 Å². The second-order valence-electron chi connectivity index (χ2n) is 3.84. The number of nitro benzene ring substituents is 1. The third-order valence-electron chi connectivity index (χ3n) is 2.45. The number of anilines is 1. The summed E-state index contributed by atoms with van der Waals surface area (Å²) < 4.78 is 0. The van der Waals surface area contributed by atoms with Crippen LogP contribution in [0.3, 0.4) is 0 Å². The van der Waals surface area contributed by atoms with Gasteiger partial charge in [-0.1, -0.05) is 6.07 Å². The molecule has 0 fully saturated rings. The minimum atomic E-state index is -0.696. The molecule has 1 aromatic carbocycles. The highest BCUT2D eigenvalue weighted by atomic mass is 16.6. The van der Waals surface area contributed by atoms with Crippen LogP contribution in [0.5, 0.6) is 5.75 Å². The van der Waals surface area contributed by atoms with Gasteiger partial charge in [-0.25, -0.2) is 0 Å². The molecule has 1 amide bonds. The Kier molecular flexibility index (Phi) is 3.47. The van der Waals surface area contributed by atoms with Gasteiger partial charge in [0.1, 0.15) is 11.4 Å². The summed E-state index contributed by atoms with van der Waals surface area (Å²) in [4.78, 5) is 35.2. The summed E-state index contributed by atoms with van der Waals surface area (Å²) in [5, 5.41) is 22.5. The van der Waals surface area contributed by atoms with Crippen molar-refractivity contribution in [2.75, 3.05) is 5.32 Å². The molecule has 2 aromatic rings. The molecule has 1 heterocycles. The molecule has 20 heavy (non-hydrogen) atoms. The number of pyridine rings is 1. The van der Waals surface area contributed by atoms with Gasteiger partial charge in [0, 0.05) is 18.2 Å². The Balaban J connectivity index is 2.30. The predicted octanol–water partition coefficient (Wildman–Crippen LogP) is 1.24. The lowest BCUT2D eigenvalue weighted by molar-refractivity contribution is -0.384. The van der Waals surface area contributed by atoms with Crippen LogP contribution in [0, 0.1) is 10.1 Å². The van der Waals surface area contributed by atoms with Gasteiger partial charge in [-0.15, -0.1) is 0 Å². The monoisotopic (exact) mass is 275 g/mol. The molecule has 0 saturated heterocycles. The van der Waals surface area contributed by atoms with E-state index in [9.17, 15) is 24.8 Å². The minimum absolute atomic E-state index is 0.0246. The smallest absolute Gasteiger partial charge is 0.272 e. The van der Waals surface area contributed by atoms with Gasteiger partial charge in [0.05, 0.1) is 10.6 Å². The van der Waals surface area contributed by atoms with Crippen molar-refractivity contribution in [3.63, 3.8) is 0 Å². The van der Waals surface area contributed by atoms with E-state index >= 15 is 0 Å². The van der Waals surface area contributed by atoms with Crippen LogP contribution in [0.15, 0.2) is 41.2 Å². The number of phenols is 1. The van der Waals surface area contributed by atoms with Crippen molar-refractivity contribution in [2.45, 2.75) is 0 Å². The number of aromatic amines is 1. The van der Waals surface area contributed by atoms with Gasteiger partial charge in [-0.2, -0.15) is 0 Å². The highest BCUT2D eigenvalue weighted by Crippen LogP contribution is 2.27. The standard InChI is InChI=1S/C12H9N3O5/c16-10-5-4-7(15(19)20)6-9(10)14-12(18)8-2-1-3-11(17)13-8/h1-6,16H,(H,13,17)(H,14,18). The first-order valence-corrected chi connectivity index (χ1v) is 5.45. The maximum atomic E-state index is 11.8. The first-order chi connectivity index (χ1) is 9.47. The Morgan fingerprint density at radius 1 is 1.30 bits per heavy atom. The van der Waals surface area contributed by atoms with Gasteiger partial charge < -0.3 is 15.4 Å². The molecule has 3 N–H and O–H groups in total. The number of rotatable bonds is 3. The van der Waals surface area contributed by atoms with Crippen LogP contribution in [-0.4, -0.2) is 20.9 Å². The first-order valence-electron chi connectivity index (χ1n) is 5.45. The maximum Gasteiger partial charge on any atom is 0.272 e. The lowest BCUT2D eigenvalue weighted by Gasteiger charge is -2.06. The largest absolute Gasteiger partial charge is 0.506 e. The summed E-state index contributed by atoms with van der Waals surface area (Å²) in [7, 11) is 0. The fourth-order valence-electron chi connectivity index (χ4n) is 1.51. The zero-order chi connectivity index (χ0) is 14.7. The molecular weight excluding hydrogens is 266 g/mol. The van der Waals surface area contributed by atoms with E-state index in [0.717, 1.165) is 18.2 Å². The second-order valence-corrected chi connectivity index (χ2v) is 3.84. The van der Waals surface area contributed by atoms with E-state index in [1.165, 1.54) is 18.2 Å². The number of phenolic OH excluding ortho intramolecular Hbond substituents is 1. The fourth-order valence-corrected chi connectivity index (χ4v) is 1.51. The Morgan fingerprint density at radius 3 is 2.70 bits per heavy atom. The van der Waals surface area contributed by atoms with Crippen LogP contribution >= 0.6 is 0 Å². The SMILES string of the molecule is O=C(Nc1cc([N+](=O)[O-])ccc1O)c1cccc(=O)[nH]1. The summed E-state index contributed by atoms with van der Waals surface area (Å²) in [6.07, 6.45) is 0. The third-order valence-corrected chi connectivity index (χ3v) is 2.45. The van der Waals surface area contributed by atoms with Crippen LogP contribution in [0.4, 0.5) is 11.4 Å². The van der Waals surface area contributed by atoms with E-state index in [2.05, 4.69) is 10.3 Å². The number of carbonyl (C=O) groups excluding carboxylic acids is 1. The van der Waals surface area contributed by atoms with Gasteiger partial charge in [0.15, 0.2) is 0 Å². The Labute approximate surface area is 111 Å². The summed E-state index contributed by atoms with van der Waals surface area (Å²) >= 11 is 0. The maximum absolute atomic E-state index is 11.8. The normalized spacial score (nSPS) is 10.0. The van der Waals surface area contributed by atoms with Gasteiger partial charge in [-0.05, 0) is 12.1 Å². The number of aromatic hydroxyl groups is 1. The molecule has 1 aromatic heterocycles. The number of benzene rings is 1. The first kappa shape index (κ1) is 13.3. The second kappa shape index (κ2) is 5.22. The van der Waals surface area contributed by atoms with Crippen molar-refractivity contribution in [2.24, 2.45) is 0 Å². The van der Waals surface area contributed by atoms with Gasteiger partial charge in [-0.3, -0.25) is 19.7 Å². The molecule has 8 nitrogen and oxygen atoms in total. The highest BCUT2D eigenvalue weighted by Gasteiger charge is 2.14. The molecule has 0 radical (unpaired) electrons.